The number of hydrogen-bond donors (Lipinski definition) is 0. The molecule has 1 aromatic carbocycles. The topological polar surface area (TPSA) is 37.4 Å². The van der Waals surface area contributed by atoms with Gasteiger partial charge in [0, 0.05) is 16.9 Å². The first-order chi connectivity index (χ1) is 8.16. The number of benzene rings is 1. The third-order valence-corrected chi connectivity index (χ3v) is 3.33. The van der Waals surface area contributed by atoms with Gasteiger partial charge in [0.15, 0.2) is 0 Å². The van der Waals surface area contributed by atoms with E-state index in [4.69, 9.17) is 11.6 Å². The van der Waals surface area contributed by atoms with E-state index < -0.39 is 11.7 Å². The van der Waals surface area contributed by atoms with Gasteiger partial charge in [-0.05, 0) is 28.1 Å². The SMILES string of the molecule is O=C1C(=O)N(CC=CCCl)c2cccc(Br)c21. The van der Waals surface area contributed by atoms with Crippen LogP contribution in [0.3, 0.4) is 0 Å². The predicted molar refractivity (Wildman–Crippen MR) is 70.7 cm³/mol. The molecule has 0 unspecified atom stereocenters. The van der Waals surface area contributed by atoms with E-state index in [1.165, 1.54) is 4.90 Å². The van der Waals surface area contributed by atoms with Crippen molar-refractivity contribution in [2.45, 2.75) is 0 Å². The molecule has 17 heavy (non-hydrogen) atoms. The fraction of sp³-hybridized carbons (Fsp3) is 0.167. The molecule has 1 heterocycles. The van der Waals surface area contributed by atoms with E-state index in [1.54, 1.807) is 30.4 Å². The van der Waals surface area contributed by atoms with Gasteiger partial charge in [0.25, 0.3) is 11.7 Å². The van der Waals surface area contributed by atoms with Crippen molar-refractivity contribution in [3.63, 3.8) is 0 Å². The predicted octanol–water partition coefficient (Wildman–Crippen LogP) is 2.77. The Labute approximate surface area is 112 Å². The molecule has 1 aliphatic rings. The molecular weight excluding hydrogens is 305 g/mol. The molecule has 1 amide bonds. The fourth-order valence-electron chi connectivity index (χ4n) is 1.73. The van der Waals surface area contributed by atoms with Crippen LogP contribution in [-0.2, 0) is 4.79 Å². The number of nitrogens with zero attached hydrogens (tertiary/aromatic N) is 1. The summed E-state index contributed by atoms with van der Waals surface area (Å²) in [6, 6.07) is 5.31. The second kappa shape index (κ2) is 5.02. The number of carbonyl (C=O) groups is 2. The quantitative estimate of drug-likeness (QED) is 0.489. The normalized spacial score (nSPS) is 14.8. The Morgan fingerprint density at radius 1 is 1.29 bits per heavy atom. The van der Waals surface area contributed by atoms with Crippen molar-refractivity contribution in [3.8, 4) is 0 Å². The summed E-state index contributed by atoms with van der Waals surface area (Å²) in [6.45, 7) is 0.362. The van der Waals surface area contributed by atoms with Crippen LogP contribution in [0.25, 0.3) is 0 Å². The summed E-state index contributed by atoms with van der Waals surface area (Å²) in [6.07, 6.45) is 3.52. The maximum Gasteiger partial charge on any atom is 0.299 e. The maximum atomic E-state index is 11.8. The number of alkyl halides is 1. The Balaban J connectivity index is 2.38. The summed E-state index contributed by atoms with van der Waals surface area (Å²) in [5, 5.41) is 0. The van der Waals surface area contributed by atoms with Crippen LogP contribution in [0.15, 0.2) is 34.8 Å². The van der Waals surface area contributed by atoms with Gasteiger partial charge in [-0.1, -0.05) is 18.2 Å². The number of rotatable bonds is 3. The molecule has 0 spiro atoms. The molecule has 88 valence electrons. The zero-order valence-corrected chi connectivity index (χ0v) is 11.2. The molecule has 1 aliphatic heterocycles. The van der Waals surface area contributed by atoms with E-state index >= 15 is 0 Å². The zero-order valence-electron chi connectivity index (χ0n) is 8.82. The Morgan fingerprint density at radius 3 is 2.76 bits per heavy atom. The van der Waals surface area contributed by atoms with Gasteiger partial charge in [-0.2, -0.15) is 0 Å². The number of Topliss-reactive ketones (excluding diaryl/α,β-unsaturated/α-hetero) is 1. The summed E-state index contributed by atoms with van der Waals surface area (Å²) in [7, 11) is 0. The highest BCUT2D eigenvalue weighted by Gasteiger charge is 2.36. The van der Waals surface area contributed by atoms with Crippen LogP contribution in [0.4, 0.5) is 5.69 Å². The van der Waals surface area contributed by atoms with E-state index in [1.807, 2.05) is 0 Å². The van der Waals surface area contributed by atoms with E-state index in [-0.39, 0.29) is 0 Å². The molecule has 0 N–H and O–H groups in total. The van der Waals surface area contributed by atoms with Crippen LogP contribution in [0.1, 0.15) is 10.4 Å². The zero-order chi connectivity index (χ0) is 12.4. The first-order valence-electron chi connectivity index (χ1n) is 5.02. The van der Waals surface area contributed by atoms with E-state index in [0.717, 1.165) is 0 Å². The first kappa shape index (κ1) is 12.3. The van der Waals surface area contributed by atoms with Gasteiger partial charge >= 0.3 is 0 Å². The smallest absolute Gasteiger partial charge is 0.299 e. The summed E-state index contributed by atoms with van der Waals surface area (Å²) in [5.74, 6) is -0.570. The van der Waals surface area contributed by atoms with Crippen molar-refractivity contribution < 1.29 is 9.59 Å². The Morgan fingerprint density at radius 2 is 2.06 bits per heavy atom. The Hall–Kier alpha value is -1.13. The number of ketones is 1. The lowest BCUT2D eigenvalue weighted by atomic mass is 10.1. The van der Waals surface area contributed by atoms with Gasteiger partial charge in [-0.3, -0.25) is 9.59 Å². The third kappa shape index (κ3) is 2.15. The molecule has 0 radical (unpaired) electrons. The molecule has 1 aromatic rings. The van der Waals surface area contributed by atoms with Crippen molar-refractivity contribution in [1.82, 2.24) is 0 Å². The van der Waals surface area contributed by atoms with Crippen molar-refractivity contribution >= 4 is 44.9 Å². The first-order valence-corrected chi connectivity index (χ1v) is 6.35. The lowest BCUT2D eigenvalue weighted by Gasteiger charge is -2.13. The summed E-state index contributed by atoms with van der Waals surface area (Å²) in [4.78, 5) is 25.0. The highest BCUT2D eigenvalue weighted by molar-refractivity contribution is 9.10. The number of amides is 1. The molecule has 0 aliphatic carbocycles. The van der Waals surface area contributed by atoms with Gasteiger partial charge in [0.1, 0.15) is 0 Å². The van der Waals surface area contributed by atoms with E-state index in [0.29, 0.717) is 28.1 Å². The van der Waals surface area contributed by atoms with Gasteiger partial charge in [-0.15, -0.1) is 11.6 Å². The van der Waals surface area contributed by atoms with E-state index in [2.05, 4.69) is 15.9 Å². The molecule has 3 nitrogen and oxygen atoms in total. The highest BCUT2D eigenvalue weighted by Crippen LogP contribution is 2.33. The number of carbonyl (C=O) groups excluding carboxylic acids is 2. The van der Waals surface area contributed by atoms with Crippen LogP contribution in [-0.4, -0.2) is 24.1 Å². The lowest BCUT2D eigenvalue weighted by molar-refractivity contribution is -0.114. The molecule has 0 atom stereocenters. The summed E-state index contributed by atoms with van der Waals surface area (Å²) in [5.41, 5.74) is 1.09. The minimum Gasteiger partial charge on any atom is -0.301 e. The van der Waals surface area contributed by atoms with Crippen molar-refractivity contribution in [2.75, 3.05) is 17.3 Å². The molecule has 0 fully saturated rings. The average molecular weight is 315 g/mol. The van der Waals surface area contributed by atoms with Crippen LogP contribution in [0.5, 0.6) is 0 Å². The maximum absolute atomic E-state index is 11.8. The van der Waals surface area contributed by atoms with Crippen LogP contribution in [0.2, 0.25) is 0 Å². The molecule has 2 rings (SSSR count). The third-order valence-electron chi connectivity index (χ3n) is 2.49. The number of allylic oxidation sites excluding steroid dienone is 1. The minimum absolute atomic E-state index is 0.362. The van der Waals surface area contributed by atoms with Crippen molar-refractivity contribution in [2.24, 2.45) is 0 Å². The molecule has 0 saturated heterocycles. The number of anilines is 1. The van der Waals surface area contributed by atoms with Crippen LogP contribution in [0, 0.1) is 0 Å². The number of hydrogen-bond acceptors (Lipinski definition) is 2. The van der Waals surface area contributed by atoms with Gasteiger partial charge in [0.05, 0.1) is 11.3 Å². The van der Waals surface area contributed by atoms with Crippen LogP contribution < -0.4 is 4.90 Å². The summed E-state index contributed by atoms with van der Waals surface area (Å²) < 4.78 is 0.650. The molecular formula is C12H9BrClNO2. The number of halogens is 2. The Kier molecular flexibility index (Phi) is 3.64. The molecule has 5 heteroatoms. The second-order valence-corrected chi connectivity index (χ2v) is 4.67. The van der Waals surface area contributed by atoms with Gasteiger partial charge in [-0.25, -0.2) is 0 Å². The lowest BCUT2D eigenvalue weighted by Crippen LogP contribution is -2.29. The largest absolute Gasteiger partial charge is 0.301 e. The van der Waals surface area contributed by atoms with Gasteiger partial charge < -0.3 is 4.90 Å². The minimum atomic E-state index is -0.494. The fourth-order valence-corrected chi connectivity index (χ4v) is 2.39. The standard InChI is InChI=1S/C12H9BrClNO2/c13-8-4-3-5-9-10(8)11(16)12(17)15(9)7-2-1-6-14/h1-5H,6-7H2. The Bertz CT molecular complexity index is 513. The molecule has 0 bridgehead atoms. The average Bonchev–Trinajstić information content (AvgIpc) is 2.55. The van der Waals surface area contributed by atoms with E-state index in [9.17, 15) is 9.59 Å². The summed E-state index contributed by atoms with van der Waals surface area (Å²) >= 11 is 8.80. The van der Waals surface area contributed by atoms with Crippen LogP contribution >= 0.6 is 27.5 Å². The monoisotopic (exact) mass is 313 g/mol. The molecule has 0 saturated carbocycles. The highest BCUT2D eigenvalue weighted by atomic mass is 79.9. The second-order valence-electron chi connectivity index (χ2n) is 3.50. The van der Waals surface area contributed by atoms with Gasteiger partial charge in [0.2, 0.25) is 0 Å². The molecule has 0 aromatic heterocycles. The van der Waals surface area contributed by atoms with Crippen molar-refractivity contribution in [3.05, 3.63) is 40.4 Å². The number of fused-ring (bicyclic) bond motifs is 1. The van der Waals surface area contributed by atoms with Crippen molar-refractivity contribution in [1.29, 1.82) is 0 Å².